The molecule has 0 radical (unpaired) electrons. The molecule has 6 heteroatoms. The van der Waals surface area contributed by atoms with Crippen LogP contribution in [0, 0.1) is 0 Å². The van der Waals surface area contributed by atoms with Crippen LogP contribution in [0.15, 0.2) is 59.4 Å². The molecular formula is C25H23ClN2O2S. The van der Waals surface area contributed by atoms with Gasteiger partial charge in [-0.1, -0.05) is 41.9 Å². The predicted octanol–water partition coefficient (Wildman–Crippen LogP) is 6.13. The predicted molar refractivity (Wildman–Crippen MR) is 128 cm³/mol. The summed E-state index contributed by atoms with van der Waals surface area (Å²) >= 11 is 7.63. The van der Waals surface area contributed by atoms with E-state index in [1.54, 1.807) is 11.3 Å². The number of aryl methyl sites for hydroxylation is 2. The minimum absolute atomic E-state index is 0.0785. The average Bonchev–Trinajstić information content (AvgIpc) is 3.18. The molecule has 1 aliphatic carbocycles. The summed E-state index contributed by atoms with van der Waals surface area (Å²) in [7, 11) is 0. The highest BCUT2D eigenvalue weighted by atomic mass is 35.5. The molecular weight excluding hydrogens is 428 g/mol. The van der Waals surface area contributed by atoms with Crippen LogP contribution in [0.4, 0.5) is 0 Å². The summed E-state index contributed by atoms with van der Waals surface area (Å²) in [6, 6.07) is 17.3. The third kappa shape index (κ3) is 4.12. The quantitative estimate of drug-likeness (QED) is 0.332. The van der Waals surface area contributed by atoms with E-state index in [0.717, 1.165) is 46.6 Å². The van der Waals surface area contributed by atoms with Crippen LogP contribution in [-0.2, 0) is 19.4 Å². The third-order valence-electron chi connectivity index (χ3n) is 5.72. The number of hydrogen-bond donors (Lipinski definition) is 0. The summed E-state index contributed by atoms with van der Waals surface area (Å²) in [4.78, 5) is 20.8. The second-order valence-corrected chi connectivity index (χ2v) is 9.33. The van der Waals surface area contributed by atoms with E-state index in [2.05, 4.69) is 0 Å². The summed E-state index contributed by atoms with van der Waals surface area (Å²) < 4.78 is 7.68. The van der Waals surface area contributed by atoms with Crippen molar-refractivity contribution in [1.82, 2.24) is 9.55 Å². The minimum Gasteiger partial charge on any atom is -0.494 e. The van der Waals surface area contributed by atoms with Gasteiger partial charge < -0.3 is 4.74 Å². The van der Waals surface area contributed by atoms with Crippen LogP contribution in [0.5, 0.6) is 5.75 Å². The zero-order valence-corrected chi connectivity index (χ0v) is 18.7. The number of halogens is 1. The van der Waals surface area contributed by atoms with Gasteiger partial charge in [0.2, 0.25) is 0 Å². The first-order valence-corrected chi connectivity index (χ1v) is 11.9. The SMILES string of the molecule is O=c1c2c3c(sc2nc(-c2ccccc2)n1CCCOc1ccc(Cl)cc1)CCCC3. The van der Waals surface area contributed by atoms with Crippen molar-refractivity contribution in [2.75, 3.05) is 6.61 Å². The molecule has 158 valence electrons. The van der Waals surface area contributed by atoms with Gasteiger partial charge >= 0.3 is 0 Å². The molecule has 4 aromatic rings. The van der Waals surface area contributed by atoms with Crippen molar-refractivity contribution in [3.63, 3.8) is 0 Å². The molecule has 0 saturated carbocycles. The van der Waals surface area contributed by atoms with Gasteiger partial charge in [-0.3, -0.25) is 9.36 Å². The second-order valence-electron chi connectivity index (χ2n) is 7.81. The van der Waals surface area contributed by atoms with Gasteiger partial charge in [-0.25, -0.2) is 4.98 Å². The fourth-order valence-electron chi connectivity index (χ4n) is 4.20. The van der Waals surface area contributed by atoms with Crippen LogP contribution in [0.1, 0.15) is 29.7 Å². The average molecular weight is 451 g/mol. The number of rotatable bonds is 6. The van der Waals surface area contributed by atoms with Crippen molar-refractivity contribution in [3.05, 3.63) is 80.4 Å². The molecule has 0 aliphatic heterocycles. The van der Waals surface area contributed by atoms with Crippen LogP contribution in [0.2, 0.25) is 5.02 Å². The van der Waals surface area contributed by atoms with Crippen molar-refractivity contribution in [2.45, 2.75) is 38.6 Å². The molecule has 2 aromatic heterocycles. The van der Waals surface area contributed by atoms with Crippen LogP contribution in [-0.4, -0.2) is 16.2 Å². The highest BCUT2D eigenvalue weighted by Gasteiger charge is 2.22. The molecule has 31 heavy (non-hydrogen) atoms. The van der Waals surface area contributed by atoms with Crippen molar-refractivity contribution in [1.29, 1.82) is 0 Å². The molecule has 2 heterocycles. The van der Waals surface area contributed by atoms with E-state index in [1.165, 1.54) is 16.9 Å². The van der Waals surface area contributed by atoms with Crippen LogP contribution in [0.3, 0.4) is 0 Å². The number of hydrogen-bond acceptors (Lipinski definition) is 4. The zero-order valence-electron chi connectivity index (χ0n) is 17.1. The molecule has 2 aromatic carbocycles. The first-order chi connectivity index (χ1) is 15.2. The first kappa shape index (κ1) is 20.3. The van der Waals surface area contributed by atoms with Crippen LogP contribution < -0.4 is 10.3 Å². The Balaban J connectivity index is 1.48. The lowest BCUT2D eigenvalue weighted by atomic mass is 9.97. The lowest BCUT2D eigenvalue weighted by molar-refractivity contribution is 0.301. The van der Waals surface area contributed by atoms with E-state index in [4.69, 9.17) is 21.3 Å². The maximum atomic E-state index is 13.6. The molecule has 5 rings (SSSR count). The van der Waals surface area contributed by atoms with Gasteiger partial charge in [0.25, 0.3) is 5.56 Å². The number of fused-ring (bicyclic) bond motifs is 3. The number of ether oxygens (including phenoxy) is 1. The van der Waals surface area contributed by atoms with E-state index < -0.39 is 0 Å². The largest absolute Gasteiger partial charge is 0.494 e. The summed E-state index contributed by atoms with van der Waals surface area (Å²) in [5.74, 6) is 1.52. The lowest BCUT2D eigenvalue weighted by Crippen LogP contribution is -2.25. The normalized spacial score (nSPS) is 13.3. The minimum atomic E-state index is 0.0785. The number of benzene rings is 2. The van der Waals surface area contributed by atoms with E-state index in [9.17, 15) is 4.79 Å². The Labute approximate surface area is 190 Å². The van der Waals surface area contributed by atoms with Gasteiger partial charge in [-0.15, -0.1) is 11.3 Å². The highest BCUT2D eigenvalue weighted by molar-refractivity contribution is 7.18. The topological polar surface area (TPSA) is 44.1 Å². The Morgan fingerprint density at radius 1 is 1.03 bits per heavy atom. The maximum absolute atomic E-state index is 13.6. The van der Waals surface area contributed by atoms with Crippen LogP contribution in [0.25, 0.3) is 21.6 Å². The molecule has 0 N–H and O–H groups in total. The van der Waals surface area contributed by atoms with Crippen molar-refractivity contribution in [3.8, 4) is 17.1 Å². The monoisotopic (exact) mass is 450 g/mol. The van der Waals surface area contributed by atoms with Gasteiger partial charge in [0.1, 0.15) is 16.4 Å². The molecule has 0 spiro atoms. The Morgan fingerprint density at radius 2 is 1.81 bits per heavy atom. The number of aromatic nitrogens is 2. The number of thiophene rings is 1. The van der Waals surface area contributed by atoms with Crippen LogP contribution >= 0.6 is 22.9 Å². The summed E-state index contributed by atoms with van der Waals surface area (Å²) in [5.41, 5.74) is 2.27. The molecule has 0 amide bonds. The van der Waals surface area contributed by atoms with Gasteiger partial charge in [0, 0.05) is 22.0 Å². The van der Waals surface area contributed by atoms with Gasteiger partial charge in [-0.05, 0) is 61.9 Å². The van der Waals surface area contributed by atoms with Crippen molar-refractivity contribution in [2.24, 2.45) is 0 Å². The molecule has 1 aliphatic rings. The number of nitrogens with zero attached hydrogens (tertiary/aromatic N) is 2. The van der Waals surface area contributed by atoms with E-state index in [0.29, 0.717) is 24.6 Å². The van der Waals surface area contributed by atoms with Crippen molar-refractivity contribution >= 4 is 33.2 Å². The van der Waals surface area contributed by atoms with E-state index >= 15 is 0 Å². The molecule has 0 atom stereocenters. The maximum Gasteiger partial charge on any atom is 0.262 e. The molecule has 0 fully saturated rings. The molecule has 0 saturated heterocycles. The Hall–Kier alpha value is -2.63. The summed E-state index contributed by atoms with van der Waals surface area (Å²) in [5, 5.41) is 1.52. The summed E-state index contributed by atoms with van der Waals surface area (Å²) in [6.45, 7) is 1.08. The lowest BCUT2D eigenvalue weighted by Gasteiger charge is -2.14. The van der Waals surface area contributed by atoms with Gasteiger partial charge in [-0.2, -0.15) is 0 Å². The zero-order chi connectivity index (χ0) is 21.2. The fourth-order valence-corrected chi connectivity index (χ4v) is 5.57. The molecule has 4 nitrogen and oxygen atoms in total. The second kappa shape index (κ2) is 8.85. The Morgan fingerprint density at radius 3 is 2.61 bits per heavy atom. The fraction of sp³-hybridized carbons (Fsp3) is 0.280. The van der Waals surface area contributed by atoms with E-state index in [-0.39, 0.29) is 5.56 Å². The van der Waals surface area contributed by atoms with Gasteiger partial charge in [0.15, 0.2) is 0 Å². The summed E-state index contributed by atoms with van der Waals surface area (Å²) in [6.07, 6.45) is 5.10. The smallest absolute Gasteiger partial charge is 0.262 e. The highest BCUT2D eigenvalue weighted by Crippen LogP contribution is 2.34. The molecule has 0 bridgehead atoms. The van der Waals surface area contributed by atoms with E-state index in [1.807, 2.05) is 59.2 Å². The van der Waals surface area contributed by atoms with Crippen molar-refractivity contribution < 1.29 is 4.74 Å². The Bertz CT molecular complexity index is 1260. The van der Waals surface area contributed by atoms with Gasteiger partial charge in [0.05, 0.1) is 12.0 Å². The third-order valence-corrected chi connectivity index (χ3v) is 7.15. The molecule has 0 unspecified atom stereocenters. The Kier molecular flexibility index (Phi) is 5.79. The standard InChI is InChI=1S/C25H23ClN2O2S/c26-18-11-13-19(14-12-18)30-16-6-15-28-23(17-7-2-1-3-8-17)27-24-22(25(28)29)20-9-4-5-10-21(20)31-24/h1-3,7-8,11-14H,4-6,9-10,15-16H2. The first-order valence-electron chi connectivity index (χ1n) is 10.7.